The molecule has 2 rings (SSSR count). The van der Waals surface area contributed by atoms with Crippen LogP contribution in [0.15, 0.2) is 34.4 Å². The molecule has 1 aromatic heterocycles. The van der Waals surface area contributed by atoms with Gasteiger partial charge in [0.05, 0.1) is 5.69 Å². The third-order valence-electron chi connectivity index (χ3n) is 2.22. The molecule has 0 aliphatic carbocycles. The van der Waals surface area contributed by atoms with Crippen molar-refractivity contribution >= 4 is 39.9 Å². The summed E-state index contributed by atoms with van der Waals surface area (Å²) in [7, 11) is 0. The number of carbonyl (C=O) groups is 1. The van der Waals surface area contributed by atoms with Gasteiger partial charge < -0.3 is 5.11 Å². The highest BCUT2D eigenvalue weighted by atomic mass is 127. The first-order valence-corrected chi connectivity index (χ1v) is 6.70. The van der Waals surface area contributed by atoms with Gasteiger partial charge in [-0.2, -0.15) is 0 Å². The summed E-state index contributed by atoms with van der Waals surface area (Å²) in [6, 6.07) is 7.59. The number of aliphatic carboxylic acids is 1. The highest BCUT2D eigenvalue weighted by Crippen LogP contribution is 2.21. The Labute approximate surface area is 115 Å². The Kier molecular flexibility index (Phi) is 3.63. The molecule has 1 aromatic carbocycles. The summed E-state index contributed by atoms with van der Waals surface area (Å²) >= 11 is 3.20. The average molecular weight is 361 g/mol. The van der Waals surface area contributed by atoms with Gasteiger partial charge in [0.2, 0.25) is 0 Å². The van der Waals surface area contributed by atoms with Crippen molar-refractivity contribution in [3.05, 3.63) is 42.9 Å². The summed E-state index contributed by atoms with van der Waals surface area (Å²) in [5.41, 5.74) is 1.50. The maximum absolute atomic E-state index is 11.5. The van der Waals surface area contributed by atoms with Crippen LogP contribution in [0.4, 0.5) is 0 Å². The SMILES string of the molecule is O=C(O)Cn1c(-c2ccc(I)cc2)csc1=O. The minimum absolute atomic E-state index is 0.249. The second-order valence-electron chi connectivity index (χ2n) is 3.37. The number of hydrogen-bond donors (Lipinski definition) is 1. The third-order valence-corrected chi connectivity index (χ3v) is 3.70. The van der Waals surface area contributed by atoms with Crippen molar-refractivity contribution in [2.75, 3.05) is 0 Å². The van der Waals surface area contributed by atoms with E-state index >= 15 is 0 Å². The smallest absolute Gasteiger partial charge is 0.323 e. The number of aromatic nitrogens is 1. The van der Waals surface area contributed by atoms with Gasteiger partial charge in [-0.05, 0) is 40.3 Å². The van der Waals surface area contributed by atoms with Crippen LogP contribution in [0.25, 0.3) is 11.3 Å². The molecule has 0 saturated heterocycles. The largest absolute Gasteiger partial charge is 0.480 e. The fraction of sp³-hybridized carbons (Fsp3) is 0.0909. The van der Waals surface area contributed by atoms with Gasteiger partial charge in [-0.15, -0.1) is 0 Å². The zero-order valence-corrected chi connectivity index (χ0v) is 11.6. The Morgan fingerprint density at radius 1 is 1.35 bits per heavy atom. The minimum atomic E-state index is -1.02. The van der Waals surface area contributed by atoms with Crippen molar-refractivity contribution in [2.24, 2.45) is 0 Å². The Hall–Kier alpha value is -1.15. The Morgan fingerprint density at radius 2 is 2.00 bits per heavy atom. The van der Waals surface area contributed by atoms with E-state index in [2.05, 4.69) is 22.6 Å². The van der Waals surface area contributed by atoms with E-state index in [9.17, 15) is 9.59 Å². The van der Waals surface area contributed by atoms with Gasteiger partial charge in [-0.1, -0.05) is 23.5 Å². The normalized spacial score (nSPS) is 10.4. The average Bonchev–Trinajstić information content (AvgIpc) is 2.61. The van der Waals surface area contributed by atoms with E-state index in [-0.39, 0.29) is 11.4 Å². The van der Waals surface area contributed by atoms with Crippen molar-refractivity contribution in [2.45, 2.75) is 6.54 Å². The molecule has 4 nitrogen and oxygen atoms in total. The lowest BCUT2D eigenvalue weighted by molar-refractivity contribution is -0.137. The van der Waals surface area contributed by atoms with Crippen LogP contribution in [-0.2, 0) is 11.3 Å². The lowest BCUT2D eigenvalue weighted by Crippen LogP contribution is -2.19. The van der Waals surface area contributed by atoms with E-state index in [4.69, 9.17) is 5.11 Å². The monoisotopic (exact) mass is 361 g/mol. The predicted molar refractivity (Wildman–Crippen MR) is 74.4 cm³/mol. The predicted octanol–water partition coefficient (Wildman–Crippen LogP) is 2.27. The quantitative estimate of drug-likeness (QED) is 0.854. The van der Waals surface area contributed by atoms with E-state index in [1.54, 1.807) is 5.38 Å². The van der Waals surface area contributed by atoms with Crippen LogP contribution in [0.1, 0.15) is 0 Å². The first kappa shape index (κ1) is 12.3. The van der Waals surface area contributed by atoms with Gasteiger partial charge >= 0.3 is 10.8 Å². The van der Waals surface area contributed by atoms with Crippen LogP contribution in [0, 0.1) is 3.57 Å². The number of benzene rings is 1. The van der Waals surface area contributed by atoms with Gasteiger partial charge in [0.1, 0.15) is 6.54 Å². The molecule has 6 heteroatoms. The molecular formula is C11H8INO3S. The molecule has 0 saturated carbocycles. The second-order valence-corrected chi connectivity index (χ2v) is 5.44. The third kappa shape index (κ3) is 2.75. The van der Waals surface area contributed by atoms with Crippen LogP contribution in [0.5, 0.6) is 0 Å². The number of carboxylic acid groups (broad SMARTS) is 1. The van der Waals surface area contributed by atoms with Gasteiger partial charge in [-0.25, -0.2) is 0 Å². The minimum Gasteiger partial charge on any atom is -0.480 e. The molecule has 88 valence electrons. The molecule has 0 spiro atoms. The fourth-order valence-electron chi connectivity index (χ4n) is 1.46. The van der Waals surface area contributed by atoms with Crippen molar-refractivity contribution in [3.63, 3.8) is 0 Å². The van der Waals surface area contributed by atoms with E-state index < -0.39 is 5.97 Å². The molecular weight excluding hydrogens is 353 g/mol. The number of halogens is 1. The standard InChI is InChI=1S/C11H8INO3S/c12-8-3-1-7(2-4-8)9-6-17-11(16)13(9)5-10(14)15/h1-4,6H,5H2,(H,14,15). The molecule has 0 aliphatic heterocycles. The molecule has 0 fully saturated rings. The first-order chi connectivity index (χ1) is 8.08. The zero-order valence-electron chi connectivity index (χ0n) is 8.59. The van der Waals surface area contributed by atoms with Crippen LogP contribution < -0.4 is 4.87 Å². The van der Waals surface area contributed by atoms with Gasteiger partial charge in [0.15, 0.2) is 0 Å². The lowest BCUT2D eigenvalue weighted by atomic mass is 10.2. The topological polar surface area (TPSA) is 59.3 Å². The molecule has 0 amide bonds. The summed E-state index contributed by atoms with van der Waals surface area (Å²) in [6.45, 7) is -0.302. The van der Waals surface area contributed by atoms with Crippen LogP contribution in [0.2, 0.25) is 0 Å². The molecule has 17 heavy (non-hydrogen) atoms. The number of hydrogen-bond acceptors (Lipinski definition) is 3. The van der Waals surface area contributed by atoms with Crippen LogP contribution >= 0.6 is 33.9 Å². The molecule has 0 bridgehead atoms. The molecule has 0 radical (unpaired) electrons. The second kappa shape index (κ2) is 5.01. The Balaban J connectivity index is 2.48. The fourth-order valence-corrected chi connectivity index (χ4v) is 2.59. The zero-order chi connectivity index (χ0) is 12.4. The van der Waals surface area contributed by atoms with Crippen molar-refractivity contribution in [3.8, 4) is 11.3 Å². The van der Waals surface area contributed by atoms with Gasteiger partial charge in [-0.3, -0.25) is 14.2 Å². The van der Waals surface area contributed by atoms with Crippen molar-refractivity contribution in [1.82, 2.24) is 4.57 Å². The Morgan fingerprint density at radius 3 is 2.59 bits per heavy atom. The van der Waals surface area contributed by atoms with Crippen molar-refractivity contribution < 1.29 is 9.90 Å². The maximum atomic E-state index is 11.5. The first-order valence-electron chi connectivity index (χ1n) is 4.74. The molecule has 0 atom stereocenters. The van der Waals surface area contributed by atoms with Gasteiger partial charge in [0, 0.05) is 8.95 Å². The maximum Gasteiger partial charge on any atom is 0.323 e. The summed E-state index contributed by atoms with van der Waals surface area (Å²) in [6.07, 6.45) is 0. The summed E-state index contributed by atoms with van der Waals surface area (Å²) < 4.78 is 2.36. The van der Waals surface area contributed by atoms with E-state index in [0.29, 0.717) is 5.69 Å². The molecule has 1 heterocycles. The Bertz CT molecular complexity index is 600. The number of rotatable bonds is 3. The van der Waals surface area contributed by atoms with Crippen LogP contribution in [0.3, 0.4) is 0 Å². The summed E-state index contributed by atoms with van der Waals surface area (Å²) in [5.74, 6) is -1.02. The summed E-state index contributed by atoms with van der Waals surface area (Å²) in [5, 5.41) is 10.5. The van der Waals surface area contributed by atoms with Crippen molar-refractivity contribution in [1.29, 1.82) is 0 Å². The number of thiazole rings is 1. The van der Waals surface area contributed by atoms with Gasteiger partial charge in [0.25, 0.3) is 0 Å². The summed E-state index contributed by atoms with van der Waals surface area (Å²) in [4.78, 5) is 22.0. The van der Waals surface area contributed by atoms with Crippen LogP contribution in [-0.4, -0.2) is 15.6 Å². The molecule has 2 aromatic rings. The molecule has 0 aliphatic rings. The highest BCUT2D eigenvalue weighted by Gasteiger charge is 2.11. The lowest BCUT2D eigenvalue weighted by Gasteiger charge is -2.04. The number of nitrogens with zero attached hydrogens (tertiary/aromatic N) is 1. The highest BCUT2D eigenvalue weighted by molar-refractivity contribution is 14.1. The van der Waals surface area contributed by atoms with E-state index in [1.165, 1.54) is 4.57 Å². The van der Waals surface area contributed by atoms with E-state index in [1.807, 2.05) is 24.3 Å². The number of carboxylic acids is 1. The van der Waals surface area contributed by atoms with E-state index in [0.717, 1.165) is 20.5 Å². The molecule has 1 N–H and O–H groups in total. The molecule has 0 unspecified atom stereocenters.